The first-order valence-electron chi connectivity index (χ1n) is 9.07. The second-order valence-electron chi connectivity index (χ2n) is 5.30. The molecule has 26 heavy (non-hydrogen) atoms. The van der Waals surface area contributed by atoms with E-state index in [1.807, 2.05) is 34.6 Å². The smallest absolute Gasteiger partial charge is 0.255 e. The van der Waals surface area contributed by atoms with Crippen LogP contribution >= 0.6 is 0 Å². The van der Waals surface area contributed by atoms with Gasteiger partial charge in [0.05, 0.1) is 0 Å². The molecule has 0 aliphatic carbocycles. The molecule has 1 atom stereocenters. The molecule has 2 rings (SSSR count). The molecule has 0 aromatic rings. The molecule has 2 aliphatic heterocycles. The number of hydrogen-bond donors (Lipinski definition) is 1. The summed E-state index contributed by atoms with van der Waals surface area (Å²) in [5.74, 6) is -0.960. The highest BCUT2D eigenvalue weighted by Gasteiger charge is 2.48. The Balaban J connectivity index is 0. The maximum Gasteiger partial charge on any atom is 0.255 e. The lowest BCUT2D eigenvalue weighted by atomic mass is 9.89. The number of allylic oxidation sites excluding steroid dienone is 1. The summed E-state index contributed by atoms with van der Waals surface area (Å²) in [6.45, 7) is 22.5. The van der Waals surface area contributed by atoms with Crippen LogP contribution in [0.4, 0.5) is 0 Å². The molecule has 0 saturated carbocycles. The lowest BCUT2D eigenvalue weighted by Crippen LogP contribution is -2.62. The lowest BCUT2D eigenvalue weighted by Gasteiger charge is -2.39. The van der Waals surface area contributed by atoms with E-state index in [1.54, 1.807) is 19.1 Å². The first kappa shape index (κ1) is 25.8. The zero-order valence-electron chi connectivity index (χ0n) is 17.1. The molecule has 3 amide bonds. The number of piperidine rings is 1. The zero-order valence-corrected chi connectivity index (χ0v) is 17.1. The van der Waals surface area contributed by atoms with E-state index in [0.717, 1.165) is 5.57 Å². The van der Waals surface area contributed by atoms with E-state index in [0.29, 0.717) is 18.5 Å². The van der Waals surface area contributed by atoms with Crippen LogP contribution in [0.25, 0.3) is 0 Å². The van der Waals surface area contributed by atoms with Crippen LogP contribution in [0.3, 0.4) is 0 Å². The van der Waals surface area contributed by atoms with Crippen LogP contribution in [0.5, 0.6) is 0 Å². The van der Waals surface area contributed by atoms with Gasteiger partial charge in [-0.15, -0.1) is 6.58 Å². The van der Waals surface area contributed by atoms with Crippen LogP contribution < -0.4 is 5.32 Å². The number of carbonyl (C=O) groups is 3. The normalized spacial score (nSPS) is 21.2. The van der Waals surface area contributed by atoms with E-state index in [2.05, 4.69) is 25.1 Å². The topological polar surface area (TPSA) is 66.5 Å². The number of nitrogens with one attached hydrogen (secondary N) is 1. The van der Waals surface area contributed by atoms with Crippen molar-refractivity contribution in [3.63, 3.8) is 0 Å². The van der Waals surface area contributed by atoms with Gasteiger partial charge in [0.2, 0.25) is 5.91 Å². The summed E-state index contributed by atoms with van der Waals surface area (Å²) in [5, 5.41) is 2.29. The number of carbonyl (C=O) groups excluding carboxylic acids is 3. The van der Waals surface area contributed by atoms with Gasteiger partial charge in [0.25, 0.3) is 11.8 Å². The highest BCUT2D eigenvalue weighted by atomic mass is 16.2. The van der Waals surface area contributed by atoms with Crippen LogP contribution in [0.15, 0.2) is 49.1 Å². The van der Waals surface area contributed by atoms with Gasteiger partial charge >= 0.3 is 0 Å². The molecule has 0 radical (unpaired) electrons. The van der Waals surface area contributed by atoms with Gasteiger partial charge in [0.1, 0.15) is 5.54 Å². The van der Waals surface area contributed by atoms with Gasteiger partial charge in [-0.2, -0.15) is 0 Å². The predicted molar refractivity (Wildman–Crippen MR) is 108 cm³/mol. The van der Waals surface area contributed by atoms with E-state index in [4.69, 9.17) is 0 Å². The second-order valence-corrected chi connectivity index (χ2v) is 5.30. The first-order valence-corrected chi connectivity index (χ1v) is 9.07. The first-order chi connectivity index (χ1) is 12.3. The van der Waals surface area contributed by atoms with E-state index in [9.17, 15) is 14.4 Å². The van der Waals surface area contributed by atoms with Crippen molar-refractivity contribution in [3.05, 3.63) is 49.1 Å². The fraction of sp³-hybridized carbons (Fsp3) is 0.476. The molecule has 5 heteroatoms. The largest absolute Gasteiger partial charge is 0.320 e. The van der Waals surface area contributed by atoms with Crippen molar-refractivity contribution in [1.82, 2.24) is 10.2 Å². The highest BCUT2D eigenvalue weighted by Crippen LogP contribution is 2.32. The third kappa shape index (κ3) is 5.83. The Labute approximate surface area is 158 Å². The number of hydrogen-bond acceptors (Lipinski definition) is 3. The molecule has 2 aliphatic rings. The van der Waals surface area contributed by atoms with Crippen molar-refractivity contribution in [2.75, 3.05) is 6.54 Å². The Morgan fingerprint density at radius 2 is 1.54 bits per heavy atom. The van der Waals surface area contributed by atoms with Crippen molar-refractivity contribution in [3.8, 4) is 0 Å². The summed E-state index contributed by atoms with van der Waals surface area (Å²) < 4.78 is 0. The Morgan fingerprint density at radius 1 is 1.04 bits per heavy atom. The summed E-state index contributed by atoms with van der Waals surface area (Å²) in [7, 11) is 0. The molecule has 2 heterocycles. The fourth-order valence-corrected chi connectivity index (χ4v) is 2.45. The van der Waals surface area contributed by atoms with Crippen LogP contribution in [-0.2, 0) is 14.4 Å². The van der Waals surface area contributed by atoms with Gasteiger partial charge in [-0.05, 0) is 25.8 Å². The molecular weight excluding hydrogens is 328 g/mol. The summed E-state index contributed by atoms with van der Waals surface area (Å²) in [4.78, 5) is 37.1. The molecule has 1 fully saturated rings. The van der Waals surface area contributed by atoms with Crippen LogP contribution in [0.1, 0.15) is 54.4 Å². The average Bonchev–Trinajstić information content (AvgIpc) is 2.99. The molecule has 0 spiro atoms. The minimum absolute atomic E-state index is 0.235. The van der Waals surface area contributed by atoms with Gasteiger partial charge in [0, 0.05) is 18.5 Å². The summed E-state index contributed by atoms with van der Waals surface area (Å²) in [6, 6.07) is 0. The maximum absolute atomic E-state index is 12.3. The van der Waals surface area contributed by atoms with E-state index < -0.39 is 11.4 Å². The van der Waals surface area contributed by atoms with Crippen LogP contribution in [-0.4, -0.2) is 34.7 Å². The van der Waals surface area contributed by atoms with Crippen molar-refractivity contribution in [2.24, 2.45) is 0 Å². The third-order valence-electron chi connectivity index (χ3n) is 3.78. The van der Waals surface area contributed by atoms with Gasteiger partial charge < -0.3 is 4.90 Å². The lowest BCUT2D eigenvalue weighted by molar-refractivity contribution is -0.149. The minimum atomic E-state index is -0.996. The summed E-state index contributed by atoms with van der Waals surface area (Å²) >= 11 is 0. The number of nitrogens with zero attached hydrogens (tertiary/aromatic N) is 1. The van der Waals surface area contributed by atoms with Crippen molar-refractivity contribution < 1.29 is 14.4 Å². The molecule has 0 aromatic heterocycles. The number of rotatable bonds is 3. The second kappa shape index (κ2) is 12.9. The maximum atomic E-state index is 12.3. The fourth-order valence-electron chi connectivity index (χ4n) is 2.45. The van der Waals surface area contributed by atoms with Crippen molar-refractivity contribution in [2.45, 2.75) is 59.9 Å². The van der Waals surface area contributed by atoms with Gasteiger partial charge in [-0.1, -0.05) is 59.1 Å². The van der Waals surface area contributed by atoms with Crippen LogP contribution in [0, 0.1) is 0 Å². The molecule has 0 aromatic carbocycles. The van der Waals surface area contributed by atoms with Gasteiger partial charge in [-0.3, -0.25) is 19.7 Å². The van der Waals surface area contributed by atoms with Crippen molar-refractivity contribution >= 4 is 17.7 Å². The highest BCUT2D eigenvalue weighted by molar-refractivity contribution is 6.08. The molecule has 146 valence electrons. The standard InChI is InChI=1S/C14H16N2O3.C3H6.2C2H6/c1-4-9-8-16(12(18)10(9)5-2)14(3)7-6-11(17)15-13(14)19;1-3-2;2*1-2/h4-5H,1-2,6-8H2,3H3,(H,15,17,19);3H,1H2,2H3;2*1-2H3. The minimum Gasteiger partial charge on any atom is -0.320 e. The zero-order chi connectivity index (χ0) is 20.9. The molecule has 1 N–H and O–H groups in total. The van der Waals surface area contributed by atoms with E-state index in [-0.39, 0.29) is 18.2 Å². The van der Waals surface area contributed by atoms with Gasteiger partial charge in [0.15, 0.2) is 0 Å². The molecule has 1 unspecified atom stereocenters. The van der Waals surface area contributed by atoms with Crippen molar-refractivity contribution in [1.29, 1.82) is 0 Å². The molecule has 1 saturated heterocycles. The Bertz CT molecular complexity index is 576. The number of imide groups is 1. The molecule has 0 bridgehead atoms. The third-order valence-corrected chi connectivity index (χ3v) is 3.78. The van der Waals surface area contributed by atoms with E-state index in [1.165, 1.54) is 11.0 Å². The van der Waals surface area contributed by atoms with Gasteiger partial charge in [-0.25, -0.2) is 0 Å². The molecule has 5 nitrogen and oxygen atoms in total. The monoisotopic (exact) mass is 362 g/mol. The number of amides is 3. The Kier molecular flexibility index (Phi) is 12.8. The van der Waals surface area contributed by atoms with E-state index >= 15 is 0 Å². The Hall–Kier alpha value is -2.43. The SMILES string of the molecule is C=CC.C=CC1=C(C=C)C(=O)N(C2(C)CCC(=O)NC2=O)C1.CC.CC. The predicted octanol–water partition coefficient (Wildman–Crippen LogP) is 3.94. The molecular formula is C21H34N2O3. The summed E-state index contributed by atoms with van der Waals surface area (Å²) in [5.41, 5.74) is 0.233. The average molecular weight is 363 g/mol. The Morgan fingerprint density at radius 3 is 1.88 bits per heavy atom. The quantitative estimate of drug-likeness (QED) is 0.611. The summed E-state index contributed by atoms with van der Waals surface area (Å²) in [6.07, 6.45) is 5.40. The van der Waals surface area contributed by atoms with Crippen LogP contribution in [0.2, 0.25) is 0 Å².